The molecule has 0 aliphatic rings. The van der Waals surface area contributed by atoms with Gasteiger partial charge in [0, 0.05) is 6.20 Å². The molecule has 1 aromatic heterocycles. The van der Waals surface area contributed by atoms with E-state index in [2.05, 4.69) is 26.2 Å². The Balaban J connectivity index is 2.47. The first-order chi connectivity index (χ1) is 9.91. The molecule has 21 heavy (non-hydrogen) atoms. The molecule has 0 aliphatic carbocycles. The summed E-state index contributed by atoms with van der Waals surface area (Å²) in [7, 11) is 0. The predicted molar refractivity (Wildman–Crippen MR) is 82.8 cm³/mol. The number of aromatic carboxylic acids is 1. The number of pyridine rings is 1. The van der Waals surface area contributed by atoms with Crippen LogP contribution in [0.1, 0.15) is 31.8 Å². The molecule has 0 saturated carbocycles. The van der Waals surface area contributed by atoms with Gasteiger partial charge < -0.3 is 10.4 Å². The first-order valence-electron chi connectivity index (χ1n) is 6.17. The maximum absolute atomic E-state index is 12.4. The summed E-state index contributed by atoms with van der Waals surface area (Å²) in [4.78, 5) is 27.9. The number of anilines is 1. The Bertz CT molecular complexity index is 729. The lowest BCUT2D eigenvalue weighted by Gasteiger charge is -2.13. The number of nitrogens with one attached hydrogen (secondary N) is 1. The highest BCUT2D eigenvalue weighted by atomic mass is 79.9. The zero-order valence-corrected chi connectivity index (χ0v) is 13.1. The third kappa shape index (κ3) is 3.11. The molecule has 0 bridgehead atoms. The minimum Gasteiger partial charge on any atom is -0.478 e. The Kier molecular flexibility index (Phi) is 4.37. The lowest BCUT2D eigenvalue weighted by atomic mass is 9.96. The van der Waals surface area contributed by atoms with Crippen molar-refractivity contribution in [2.45, 2.75) is 13.8 Å². The number of halogens is 1. The largest absolute Gasteiger partial charge is 0.478 e. The van der Waals surface area contributed by atoms with E-state index in [0.29, 0.717) is 21.4 Å². The second-order valence-electron chi connectivity index (χ2n) is 4.54. The van der Waals surface area contributed by atoms with E-state index in [0.717, 1.165) is 0 Å². The van der Waals surface area contributed by atoms with Crippen molar-refractivity contribution in [1.29, 1.82) is 0 Å². The van der Waals surface area contributed by atoms with Crippen LogP contribution in [-0.2, 0) is 0 Å². The van der Waals surface area contributed by atoms with Crippen LogP contribution in [0.25, 0.3) is 0 Å². The van der Waals surface area contributed by atoms with Gasteiger partial charge >= 0.3 is 5.97 Å². The number of nitrogens with zero attached hydrogens (tertiary/aromatic N) is 1. The molecule has 0 atom stereocenters. The molecule has 0 saturated heterocycles. The summed E-state index contributed by atoms with van der Waals surface area (Å²) in [6.07, 6.45) is 1.54. The Labute approximate surface area is 130 Å². The third-order valence-electron chi connectivity index (χ3n) is 3.05. The van der Waals surface area contributed by atoms with Crippen LogP contribution in [0.2, 0.25) is 0 Å². The fourth-order valence-electron chi connectivity index (χ4n) is 2.03. The number of carboxylic acids is 1. The van der Waals surface area contributed by atoms with Crippen molar-refractivity contribution in [2.75, 3.05) is 5.32 Å². The topological polar surface area (TPSA) is 79.3 Å². The van der Waals surface area contributed by atoms with Gasteiger partial charge in [-0.1, -0.05) is 12.1 Å². The average Bonchev–Trinajstić information content (AvgIpc) is 2.43. The maximum Gasteiger partial charge on any atom is 0.336 e. The number of amides is 1. The molecule has 2 N–H and O–H groups in total. The summed E-state index contributed by atoms with van der Waals surface area (Å²) in [5.41, 5.74) is 1.31. The van der Waals surface area contributed by atoms with Gasteiger partial charge in [-0.15, -0.1) is 0 Å². The van der Waals surface area contributed by atoms with Crippen LogP contribution < -0.4 is 5.32 Å². The van der Waals surface area contributed by atoms with Crippen molar-refractivity contribution < 1.29 is 14.7 Å². The summed E-state index contributed by atoms with van der Waals surface area (Å²) < 4.78 is 0.625. The Morgan fingerprint density at radius 2 is 1.76 bits per heavy atom. The van der Waals surface area contributed by atoms with Gasteiger partial charge in [0.05, 0.1) is 15.6 Å². The van der Waals surface area contributed by atoms with E-state index < -0.39 is 11.9 Å². The Hall–Kier alpha value is -2.21. The number of hydrogen-bond donors (Lipinski definition) is 2. The number of rotatable bonds is 3. The minimum atomic E-state index is -1.12. The lowest BCUT2D eigenvalue weighted by Crippen LogP contribution is -2.19. The monoisotopic (exact) mass is 348 g/mol. The number of hydrogen-bond acceptors (Lipinski definition) is 3. The maximum atomic E-state index is 12.4. The molecule has 2 aromatic rings. The van der Waals surface area contributed by atoms with Gasteiger partial charge in [-0.05, 0) is 53.0 Å². The minimum absolute atomic E-state index is 0.0135. The third-order valence-corrected chi connectivity index (χ3v) is 3.69. The van der Waals surface area contributed by atoms with Crippen LogP contribution in [0, 0.1) is 13.8 Å². The molecule has 0 radical (unpaired) electrons. The van der Waals surface area contributed by atoms with Crippen LogP contribution in [0.4, 0.5) is 5.82 Å². The SMILES string of the molecule is Cc1ccc(C)c(C(=O)Nc2ncccc2Br)c1C(=O)O. The number of carbonyl (C=O) groups is 2. The fraction of sp³-hybridized carbons (Fsp3) is 0.133. The van der Waals surface area contributed by atoms with Crippen molar-refractivity contribution in [3.05, 3.63) is 57.2 Å². The summed E-state index contributed by atoms with van der Waals surface area (Å²) in [6, 6.07) is 6.88. The summed E-state index contributed by atoms with van der Waals surface area (Å²) in [5.74, 6) is -1.27. The van der Waals surface area contributed by atoms with E-state index in [9.17, 15) is 14.7 Å². The smallest absolute Gasteiger partial charge is 0.336 e. The molecule has 1 heterocycles. The number of carbonyl (C=O) groups excluding carboxylic acids is 1. The molecule has 2 rings (SSSR count). The first kappa shape index (κ1) is 15.2. The van der Waals surface area contributed by atoms with Crippen molar-refractivity contribution in [1.82, 2.24) is 4.98 Å². The fourth-order valence-corrected chi connectivity index (χ4v) is 2.38. The Morgan fingerprint density at radius 1 is 1.14 bits per heavy atom. The second kappa shape index (κ2) is 6.05. The van der Waals surface area contributed by atoms with E-state index in [1.165, 1.54) is 0 Å². The van der Waals surface area contributed by atoms with Gasteiger partial charge in [0.1, 0.15) is 5.82 Å². The molecule has 0 fully saturated rings. The second-order valence-corrected chi connectivity index (χ2v) is 5.40. The number of benzene rings is 1. The Morgan fingerprint density at radius 3 is 2.33 bits per heavy atom. The standard InChI is InChI=1S/C15H13BrN2O3/c1-8-5-6-9(2)12(15(20)21)11(8)14(19)18-13-10(16)4-3-7-17-13/h3-7H,1-2H3,(H,20,21)(H,17,18,19). The quantitative estimate of drug-likeness (QED) is 0.890. The number of aryl methyl sites for hydroxylation is 2. The highest BCUT2D eigenvalue weighted by molar-refractivity contribution is 9.10. The summed E-state index contributed by atoms with van der Waals surface area (Å²) in [5, 5.41) is 12.0. The molecule has 1 amide bonds. The highest BCUT2D eigenvalue weighted by Crippen LogP contribution is 2.23. The molecule has 0 spiro atoms. The summed E-state index contributed by atoms with van der Waals surface area (Å²) >= 11 is 3.28. The normalized spacial score (nSPS) is 10.2. The zero-order valence-electron chi connectivity index (χ0n) is 11.5. The van der Waals surface area contributed by atoms with E-state index >= 15 is 0 Å². The van der Waals surface area contributed by atoms with Gasteiger partial charge in [-0.25, -0.2) is 9.78 Å². The van der Waals surface area contributed by atoms with E-state index in [1.54, 1.807) is 44.3 Å². The van der Waals surface area contributed by atoms with Gasteiger partial charge in [0.15, 0.2) is 0 Å². The lowest BCUT2D eigenvalue weighted by molar-refractivity contribution is 0.0691. The molecule has 5 nitrogen and oxygen atoms in total. The first-order valence-corrected chi connectivity index (χ1v) is 6.96. The van der Waals surface area contributed by atoms with Crippen LogP contribution in [-0.4, -0.2) is 22.0 Å². The van der Waals surface area contributed by atoms with Crippen molar-refractivity contribution in [3.8, 4) is 0 Å². The number of carboxylic acid groups (broad SMARTS) is 1. The van der Waals surface area contributed by atoms with E-state index in [-0.39, 0.29) is 11.1 Å². The number of aromatic nitrogens is 1. The molecular formula is C15H13BrN2O3. The van der Waals surface area contributed by atoms with Crippen molar-refractivity contribution in [3.63, 3.8) is 0 Å². The average molecular weight is 349 g/mol. The van der Waals surface area contributed by atoms with Crippen molar-refractivity contribution in [2.24, 2.45) is 0 Å². The van der Waals surface area contributed by atoms with Crippen LogP contribution in [0.5, 0.6) is 0 Å². The highest BCUT2D eigenvalue weighted by Gasteiger charge is 2.22. The predicted octanol–water partition coefficient (Wildman–Crippen LogP) is 3.41. The molecule has 108 valence electrons. The van der Waals surface area contributed by atoms with Gasteiger partial charge in [0.25, 0.3) is 5.91 Å². The molecule has 1 aromatic carbocycles. The summed E-state index contributed by atoms with van der Waals surface area (Å²) in [6.45, 7) is 3.37. The van der Waals surface area contributed by atoms with Crippen LogP contribution in [0.3, 0.4) is 0 Å². The van der Waals surface area contributed by atoms with Gasteiger partial charge in [0.2, 0.25) is 0 Å². The van der Waals surface area contributed by atoms with Gasteiger partial charge in [-0.2, -0.15) is 0 Å². The zero-order chi connectivity index (χ0) is 15.6. The van der Waals surface area contributed by atoms with Crippen LogP contribution in [0.15, 0.2) is 34.9 Å². The molecule has 0 unspecified atom stereocenters. The molecule has 0 aliphatic heterocycles. The van der Waals surface area contributed by atoms with E-state index in [4.69, 9.17) is 0 Å². The van der Waals surface area contributed by atoms with Crippen molar-refractivity contribution >= 4 is 33.6 Å². The van der Waals surface area contributed by atoms with Gasteiger partial charge in [-0.3, -0.25) is 4.79 Å². The molecular weight excluding hydrogens is 336 g/mol. The van der Waals surface area contributed by atoms with Crippen LogP contribution >= 0.6 is 15.9 Å². The molecule has 6 heteroatoms. The van der Waals surface area contributed by atoms with E-state index in [1.807, 2.05) is 0 Å².